The number of nitrogens with zero attached hydrogens (tertiary/aromatic N) is 1. The molecule has 0 aromatic heterocycles. The molecule has 0 aromatic carbocycles. The number of amides is 2. The van der Waals surface area contributed by atoms with Gasteiger partial charge in [0, 0.05) is 32.7 Å². The fourth-order valence-corrected chi connectivity index (χ4v) is 2.13. The number of carbonyl (C=O) groups excluding carboxylic acids is 1. The molecule has 2 amide bonds. The van der Waals surface area contributed by atoms with Crippen molar-refractivity contribution in [2.75, 3.05) is 26.9 Å². The number of aliphatic carboxylic acids is 1. The van der Waals surface area contributed by atoms with Crippen LogP contribution in [0.15, 0.2) is 0 Å². The van der Waals surface area contributed by atoms with Crippen LogP contribution < -0.4 is 5.32 Å². The minimum absolute atomic E-state index is 0.00298. The molecule has 3 N–H and O–H groups in total. The smallest absolute Gasteiger partial charge is 0.326 e. The first kappa shape index (κ1) is 16.7. The largest absolute Gasteiger partial charge is 0.480 e. The molecular formula is C13H24N2O5. The monoisotopic (exact) mass is 288 g/mol. The van der Waals surface area contributed by atoms with Crippen LogP contribution in [0.2, 0.25) is 0 Å². The highest BCUT2D eigenvalue weighted by atomic mass is 16.5. The minimum atomic E-state index is -1.14. The molecule has 0 aromatic rings. The highest BCUT2D eigenvalue weighted by molar-refractivity contribution is 5.82. The van der Waals surface area contributed by atoms with Crippen molar-refractivity contribution < 1.29 is 24.5 Å². The molecule has 116 valence electrons. The van der Waals surface area contributed by atoms with E-state index in [0.29, 0.717) is 19.1 Å². The van der Waals surface area contributed by atoms with Crippen LogP contribution >= 0.6 is 0 Å². The van der Waals surface area contributed by atoms with E-state index in [4.69, 9.17) is 14.9 Å². The van der Waals surface area contributed by atoms with Gasteiger partial charge < -0.3 is 25.2 Å². The van der Waals surface area contributed by atoms with Crippen LogP contribution in [0.4, 0.5) is 4.79 Å². The van der Waals surface area contributed by atoms with Crippen molar-refractivity contribution in [1.82, 2.24) is 10.2 Å². The average Bonchev–Trinajstić information content (AvgIpc) is 3.22. The number of methoxy groups -OCH3 is 1. The van der Waals surface area contributed by atoms with E-state index in [9.17, 15) is 9.59 Å². The van der Waals surface area contributed by atoms with Gasteiger partial charge in [-0.3, -0.25) is 0 Å². The molecule has 1 saturated carbocycles. The molecule has 20 heavy (non-hydrogen) atoms. The summed E-state index contributed by atoms with van der Waals surface area (Å²) in [6.45, 7) is 2.51. The molecule has 1 aliphatic carbocycles. The van der Waals surface area contributed by atoms with Gasteiger partial charge >= 0.3 is 12.0 Å². The number of carboxylic acid groups (broad SMARTS) is 1. The van der Waals surface area contributed by atoms with Crippen LogP contribution in [0, 0.1) is 5.92 Å². The molecule has 0 saturated heterocycles. The number of aliphatic hydroxyl groups is 1. The van der Waals surface area contributed by atoms with Gasteiger partial charge in [0.05, 0.1) is 6.61 Å². The number of hydrogen-bond donors (Lipinski definition) is 3. The molecule has 2 atom stereocenters. The second kappa shape index (κ2) is 8.06. The van der Waals surface area contributed by atoms with Gasteiger partial charge in [-0.25, -0.2) is 9.59 Å². The molecule has 0 heterocycles. The molecule has 0 radical (unpaired) electrons. The Hall–Kier alpha value is -1.34. The van der Waals surface area contributed by atoms with Gasteiger partial charge in [-0.2, -0.15) is 0 Å². The Morgan fingerprint density at radius 2 is 2.10 bits per heavy atom. The summed E-state index contributed by atoms with van der Waals surface area (Å²) >= 11 is 0. The van der Waals surface area contributed by atoms with Gasteiger partial charge in [0.1, 0.15) is 6.04 Å². The number of rotatable bonds is 9. The van der Waals surface area contributed by atoms with E-state index in [-0.39, 0.29) is 19.1 Å². The summed E-state index contributed by atoms with van der Waals surface area (Å²) in [7, 11) is 1.56. The molecule has 0 aliphatic heterocycles. The summed E-state index contributed by atoms with van der Waals surface area (Å²) in [5, 5.41) is 20.3. The van der Waals surface area contributed by atoms with Crippen molar-refractivity contribution in [3.05, 3.63) is 0 Å². The summed E-state index contributed by atoms with van der Waals surface area (Å²) in [6.07, 6.45) is 2.19. The molecule has 0 spiro atoms. The lowest BCUT2D eigenvalue weighted by molar-refractivity contribution is -0.139. The number of carboxylic acids is 1. The fourth-order valence-electron chi connectivity index (χ4n) is 2.13. The highest BCUT2D eigenvalue weighted by Gasteiger charge is 2.35. The SMILES string of the molecule is COCCN(C(=O)N[C@H](CCO)C(=O)O)C(C)C1CC1. The van der Waals surface area contributed by atoms with Gasteiger partial charge in [-0.1, -0.05) is 0 Å². The predicted octanol–water partition coefficient (Wildman–Crippen LogP) is 0.279. The Bertz CT molecular complexity index is 333. The van der Waals surface area contributed by atoms with Crippen molar-refractivity contribution in [1.29, 1.82) is 0 Å². The van der Waals surface area contributed by atoms with Crippen molar-refractivity contribution in [3.8, 4) is 0 Å². The third-order valence-corrected chi connectivity index (χ3v) is 3.61. The first-order chi connectivity index (χ1) is 9.51. The first-order valence-corrected chi connectivity index (χ1v) is 6.91. The Labute approximate surface area is 118 Å². The zero-order valence-corrected chi connectivity index (χ0v) is 12.0. The molecule has 1 fully saturated rings. The molecule has 7 nitrogen and oxygen atoms in total. The van der Waals surface area contributed by atoms with E-state index >= 15 is 0 Å². The highest BCUT2D eigenvalue weighted by Crippen LogP contribution is 2.35. The third-order valence-electron chi connectivity index (χ3n) is 3.61. The van der Waals surface area contributed by atoms with E-state index in [0.717, 1.165) is 12.8 Å². The Balaban J connectivity index is 2.62. The Morgan fingerprint density at radius 1 is 1.45 bits per heavy atom. The van der Waals surface area contributed by atoms with E-state index in [1.165, 1.54) is 0 Å². The van der Waals surface area contributed by atoms with Crippen molar-refractivity contribution in [2.45, 2.75) is 38.3 Å². The summed E-state index contributed by atoms with van der Waals surface area (Å²) in [4.78, 5) is 24.9. The van der Waals surface area contributed by atoms with Crippen LogP contribution in [0.1, 0.15) is 26.2 Å². The van der Waals surface area contributed by atoms with E-state index < -0.39 is 18.0 Å². The third kappa shape index (κ3) is 4.97. The fraction of sp³-hybridized carbons (Fsp3) is 0.846. The maximum Gasteiger partial charge on any atom is 0.326 e. The van der Waals surface area contributed by atoms with Crippen molar-refractivity contribution >= 4 is 12.0 Å². The predicted molar refractivity (Wildman–Crippen MR) is 72.4 cm³/mol. The zero-order chi connectivity index (χ0) is 15.1. The number of urea groups is 1. The second-order valence-corrected chi connectivity index (χ2v) is 5.12. The van der Waals surface area contributed by atoms with E-state index in [1.807, 2.05) is 6.92 Å². The normalized spacial score (nSPS) is 17.4. The van der Waals surface area contributed by atoms with Crippen LogP contribution in [-0.4, -0.2) is 66.1 Å². The molecular weight excluding hydrogens is 264 g/mol. The molecule has 1 aliphatic rings. The molecule has 0 bridgehead atoms. The maximum absolute atomic E-state index is 12.2. The minimum Gasteiger partial charge on any atom is -0.480 e. The Morgan fingerprint density at radius 3 is 2.55 bits per heavy atom. The summed E-state index contributed by atoms with van der Waals surface area (Å²) in [6, 6.07) is -1.42. The standard InChI is InChI=1S/C13H24N2O5/c1-9(10-3-4-10)15(6-8-20-2)13(19)14-11(5-7-16)12(17)18/h9-11,16H,3-8H2,1-2H3,(H,14,19)(H,17,18)/t9?,11-/m1/s1. The lowest BCUT2D eigenvalue weighted by Gasteiger charge is -2.30. The lowest BCUT2D eigenvalue weighted by atomic mass is 10.2. The summed E-state index contributed by atoms with van der Waals surface area (Å²) < 4.78 is 4.99. The topological polar surface area (TPSA) is 99.1 Å². The number of ether oxygens (including phenoxy) is 1. The van der Waals surface area contributed by atoms with E-state index in [2.05, 4.69) is 5.32 Å². The van der Waals surface area contributed by atoms with E-state index in [1.54, 1.807) is 12.0 Å². The van der Waals surface area contributed by atoms with Crippen molar-refractivity contribution in [2.24, 2.45) is 5.92 Å². The van der Waals surface area contributed by atoms with Crippen LogP contribution in [0.5, 0.6) is 0 Å². The Kier molecular flexibility index (Phi) is 6.74. The lowest BCUT2D eigenvalue weighted by Crippen LogP contribution is -2.52. The summed E-state index contributed by atoms with van der Waals surface area (Å²) in [5.74, 6) is -0.656. The number of nitrogens with one attached hydrogen (secondary N) is 1. The van der Waals surface area contributed by atoms with Crippen LogP contribution in [0.25, 0.3) is 0 Å². The van der Waals surface area contributed by atoms with Gasteiger partial charge in [-0.05, 0) is 25.7 Å². The van der Waals surface area contributed by atoms with Gasteiger partial charge in [0.2, 0.25) is 0 Å². The molecule has 1 unspecified atom stereocenters. The van der Waals surface area contributed by atoms with Gasteiger partial charge in [-0.15, -0.1) is 0 Å². The van der Waals surface area contributed by atoms with Crippen molar-refractivity contribution in [3.63, 3.8) is 0 Å². The number of aliphatic hydroxyl groups excluding tert-OH is 1. The second-order valence-electron chi connectivity index (χ2n) is 5.12. The first-order valence-electron chi connectivity index (χ1n) is 6.91. The van der Waals surface area contributed by atoms with Crippen LogP contribution in [0.3, 0.4) is 0 Å². The van der Waals surface area contributed by atoms with Gasteiger partial charge in [0.15, 0.2) is 0 Å². The number of hydrogen-bond acceptors (Lipinski definition) is 4. The zero-order valence-electron chi connectivity index (χ0n) is 12.0. The molecule has 7 heteroatoms. The van der Waals surface area contributed by atoms with Crippen LogP contribution in [-0.2, 0) is 9.53 Å². The quantitative estimate of drug-likeness (QED) is 0.566. The van der Waals surface area contributed by atoms with Gasteiger partial charge in [0.25, 0.3) is 0 Å². The molecule has 1 rings (SSSR count). The summed E-state index contributed by atoms with van der Waals surface area (Å²) in [5.41, 5.74) is 0. The average molecular weight is 288 g/mol. The number of carbonyl (C=O) groups is 2. The maximum atomic E-state index is 12.2.